The van der Waals surface area contributed by atoms with Crippen molar-refractivity contribution in [3.63, 3.8) is 0 Å². The van der Waals surface area contributed by atoms with Crippen LogP contribution in [0.4, 0.5) is 0 Å². The van der Waals surface area contributed by atoms with Crippen molar-refractivity contribution in [2.45, 2.75) is 32.5 Å². The zero-order valence-electron chi connectivity index (χ0n) is 16.4. The third kappa shape index (κ3) is 4.00. The van der Waals surface area contributed by atoms with Gasteiger partial charge in [0.25, 0.3) is 0 Å². The van der Waals surface area contributed by atoms with Crippen LogP contribution < -0.4 is 5.32 Å². The van der Waals surface area contributed by atoms with Crippen LogP contribution in [-0.2, 0) is 16.0 Å². The highest BCUT2D eigenvalue weighted by molar-refractivity contribution is 7.80. The second-order valence-corrected chi connectivity index (χ2v) is 7.17. The number of hydrogen-bond acceptors (Lipinski definition) is 4. The zero-order chi connectivity index (χ0) is 19.4. The van der Waals surface area contributed by atoms with Gasteiger partial charge in [0, 0.05) is 44.9 Å². The molecule has 3 rings (SSSR count). The van der Waals surface area contributed by atoms with Crippen molar-refractivity contribution in [3.8, 4) is 0 Å². The Bertz CT molecular complexity index is 778. The molecule has 0 saturated carbocycles. The summed E-state index contributed by atoms with van der Waals surface area (Å²) in [5.74, 6) is 0. The molecule has 1 aliphatic rings. The summed E-state index contributed by atoms with van der Waals surface area (Å²) in [4.78, 5) is 6.81. The quantitative estimate of drug-likeness (QED) is 0.702. The number of ether oxygens (including phenoxy) is 2. The molecule has 0 aromatic carbocycles. The van der Waals surface area contributed by atoms with Crippen molar-refractivity contribution in [3.05, 3.63) is 53.1 Å². The molecule has 0 amide bonds. The van der Waals surface area contributed by atoms with Crippen LogP contribution in [0.3, 0.4) is 0 Å². The lowest BCUT2D eigenvalue weighted by Crippen LogP contribution is -2.32. The molecule has 6 nitrogen and oxygen atoms in total. The predicted octanol–water partition coefficient (Wildman–Crippen LogP) is 2.77. The lowest BCUT2D eigenvalue weighted by molar-refractivity contribution is 0.163. The maximum Gasteiger partial charge on any atom is 0.170 e. The molecule has 7 heteroatoms. The fourth-order valence-electron chi connectivity index (χ4n) is 3.83. The number of rotatable bonds is 8. The summed E-state index contributed by atoms with van der Waals surface area (Å²) < 4.78 is 12.9. The molecule has 1 fully saturated rings. The number of aryl methyl sites for hydroxylation is 1. The topological polar surface area (TPSA) is 51.5 Å². The van der Waals surface area contributed by atoms with E-state index < -0.39 is 0 Å². The van der Waals surface area contributed by atoms with E-state index in [1.807, 2.05) is 18.3 Å². The summed E-state index contributed by atoms with van der Waals surface area (Å²) in [6.07, 6.45) is 1.83. The first-order chi connectivity index (χ1) is 13.1. The second kappa shape index (κ2) is 8.82. The van der Waals surface area contributed by atoms with Gasteiger partial charge in [0.2, 0.25) is 0 Å². The van der Waals surface area contributed by atoms with Crippen LogP contribution >= 0.6 is 12.2 Å². The standard InChI is InChI=1S/C20H28N4O2S/c1-14-13-16(15(2)23(14)9-11-25-3)19-18(17-7-5-6-8-21-17)22-20(27)24(19)10-12-26-4/h5-8,13,18-19H,9-12H2,1-4H3,(H,22,27)/t18-,19+/m0/s1. The maximum atomic E-state index is 5.67. The summed E-state index contributed by atoms with van der Waals surface area (Å²) in [7, 11) is 3.45. The smallest absolute Gasteiger partial charge is 0.170 e. The molecule has 1 N–H and O–H groups in total. The minimum atomic E-state index is 0.00642. The van der Waals surface area contributed by atoms with E-state index in [0.29, 0.717) is 13.2 Å². The molecular formula is C20H28N4O2S. The highest BCUT2D eigenvalue weighted by atomic mass is 32.1. The number of nitrogens with zero attached hydrogens (tertiary/aromatic N) is 3. The Morgan fingerprint density at radius 1 is 1.15 bits per heavy atom. The van der Waals surface area contributed by atoms with E-state index in [1.165, 1.54) is 17.0 Å². The Balaban J connectivity index is 2.02. The Hall–Kier alpha value is -1.96. The Morgan fingerprint density at radius 3 is 2.56 bits per heavy atom. The van der Waals surface area contributed by atoms with Crippen LogP contribution in [0.25, 0.3) is 0 Å². The van der Waals surface area contributed by atoms with E-state index in [2.05, 4.69) is 45.7 Å². The predicted molar refractivity (Wildman–Crippen MR) is 110 cm³/mol. The van der Waals surface area contributed by atoms with Crippen LogP contribution in [0.1, 0.15) is 34.7 Å². The van der Waals surface area contributed by atoms with Gasteiger partial charge in [-0.25, -0.2) is 0 Å². The highest BCUT2D eigenvalue weighted by Gasteiger charge is 2.41. The fraction of sp³-hybridized carbons (Fsp3) is 0.500. The minimum Gasteiger partial charge on any atom is -0.383 e. The molecule has 0 bridgehead atoms. The van der Waals surface area contributed by atoms with Crippen LogP contribution in [0.15, 0.2) is 30.5 Å². The van der Waals surface area contributed by atoms with Gasteiger partial charge in [-0.05, 0) is 49.8 Å². The number of aromatic nitrogens is 2. The SMILES string of the molecule is COCCN1C(=S)N[C@@H](c2ccccn2)[C@H]1c1cc(C)n(CCOC)c1C. The lowest BCUT2D eigenvalue weighted by atomic mass is 9.97. The normalized spacial score (nSPS) is 19.6. The summed E-state index contributed by atoms with van der Waals surface area (Å²) in [6, 6.07) is 8.35. The van der Waals surface area contributed by atoms with E-state index in [-0.39, 0.29) is 12.1 Å². The molecular weight excluding hydrogens is 360 g/mol. The Morgan fingerprint density at radius 2 is 1.89 bits per heavy atom. The van der Waals surface area contributed by atoms with Gasteiger partial charge in [0.05, 0.1) is 31.0 Å². The van der Waals surface area contributed by atoms with E-state index in [0.717, 1.165) is 23.9 Å². The van der Waals surface area contributed by atoms with Crippen LogP contribution in [-0.4, -0.2) is 53.5 Å². The molecule has 1 saturated heterocycles. The first-order valence-corrected chi connectivity index (χ1v) is 9.61. The molecule has 0 unspecified atom stereocenters. The summed E-state index contributed by atoms with van der Waals surface area (Å²) in [5.41, 5.74) is 4.72. The van der Waals surface area contributed by atoms with Gasteiger partial charge in [-0.15, -0.1) is 0 Å². The van der Waals surface area contributed by atoms with Crippen molar-refractivity contribution < 1.29 is 9.47 Å². The van der Waals surface area contributed by atoms with E-state index in [9.17, 15) is 0 Å². The number of pyridine rings is 1. The molecule has 3 heterocycles. The first-order valence-electron chi connectivity index (χ1n) is 9.21. The van der Waals surface area contributed by atoms with Crippen LogP contribution in [0.5, 0.6) is 0 Å². The number of thiocarbonyl (C=S) groups is 1. The molecule has 2 aromatic rings. The largest absolute Gasteiger partial charge is 0.383 e. The monoisotopic (exact) mass is 388 g/mol. The fourth-order valence-corrected chi connectivity index (χ4v) is 4.16. The summed E-state index contributed by atoms with van der Waals surface area (Å²) in [6.45, 7) is 7.19. The Labute approximate surface area is 166 Å². The molecule has 0 radical (unpaired) electrons. The number of hydrogen-bond donors (Lipinski definition) is 1. The van der Waals surface area contributed by atoms with Crippen LogP contribution in [0.2, 0.25) is 0 Å². The van der Waals surface area contributed by atoms with Gasteiger partial charge in [-0.1, -0.05) is 6.07 Å². The van der Waals surface area contributed by atoms with Gasteiger partial charge in [-0.3, -0.25) is 4.98 Å². The van der Waals surface area contributed by atoms with E-state index in [1.54, 1.807) is 14.2 Å². The number of nitrogens with one attached hydrogen (secondary N) is 1. The van der Waals surface area contributed by atoms with Crippen molar-refractivity contribution in [1.29, 1.82) is 0 Å². The van der Waals surface area contributed by atoms with Crippen LogP contribution in [0, 0.1) is 13.8 Å². The van der Waals surface area contributed by atoms with Gasteiger partial charge in [0.1, 0.15) is 0 Å². The minimum absolute atomic E-state index is 0.00642. The number of methoxy groups -OCH3 is 2. The molecule has 2 atom stereocenters. The van der Waals surface area contributed by atoms with Crippen molar-refractivity contribution >= 4 is 17.3 Å². The lowest BCUT2D eigenvalue weighted by Gasteiger charge is -2.28. The molecule has 27 heavy (non-hydrogen) atoms. The highest BCUT2D eigenvalue weighted by Crippen LogP contribution is 2.40. The van der Waals surface area contributed by atoms with Crippen molar-refractivity contribution in [2.75, 3.05) is 34.0 Å². The third-order valence-corrected chi connectivity index (χ3v) is 5.54. The summed E-state index contributed by atoms with van der Waals surface area (Å²) >= 11 is 5.67. The molecule has 2 aromatic heterocycles. The molecule has 0 spiro atoms. The van der Waals surface area contributed by atoms with E-state index >= 15 is 0 Å². The van der Waals surface area contributed by atoms with Gasteiger partial charge < -0.3 is 24.3 Å². The van der Waals surface area contributed by atoms with Gasteiger partial charge >= 0.3 is 0 Å². The first kappa shape index (κ1) is 19.8. The zero-order valence-corrected chi connectivity index (χ0v) is 17.3. The average Bonchev–Trinajstić information content (AvgIpc) is 3.15. The molecule has 146 valence electrons. The van der Waals surface area contributed by atoms with Crippen molar-refractivity contribution in [1.82, 2.24) is 19.8 Å². The maximum absolute atomic E-state index is 5.67. The average molecular weight is 389 g/mol. The van der Waals surface area contributed by atoms with Crippen molar-refractivity contribution in [2.24, 2.45) is 0 Å². The van der Waals surface area contributed by atoms with E-state index in [4.69, 9.17) is 21.7 Å². The molecule has 0 aliphatic carbocycles. The Kier molecular flexibility index (Phi) is 6.46. The molecule has 1 aliphatic heterocycles. The second-order valence-electron chi connectivity index (χ2n) is 6.78. The van der Waals surface area contributed by atoms with Gasteiger partial charge in [-0.2, -0.15) is 0 Å². The summed E-state index contributed by atoms with van der Waals surface area (Å²) in [5, 5.41) is 4.23. The van der Waals surface area contributed by atoms with Gasteiger partial charge in [0.15, 0.2) is 5.11 Å². The third-order valence-electron chi connectivity index (χ3n) is 5.18.